The molecule has 0 fully saturated rings. The SMILES string of the molecule is CC(C)(C)C(=O)Oc1ccc2c(c1)OCCC2[S+]=O. The van der Waals surface area contributed by atoms with Gasteiger partial charge in [0.2, 0.25) is 0 Å². The van der Waals surface area contributed by atoms with Crippen molar-refractivity contribution in [2.75, 3.05) is 6.61 Å². The zero-order valence-corrected chi connectivity index (χ0v) is 12.1. The van der Waals surface area contributed by atoms with Crippen molar-refractivity contribution in [2.45, 2.75) is 32.4 Å². The van der Waals surface area contributed by atoms with Crippen LogP contribution in [0.2, 0.25) is 0 Å². The molecule has 5 heteroatoms. The van der Waals surface area contributed by atoms with E-state index in [0.29, 0.717) is 36.2 Å². The first-order valence-electron chi connectivity index (χ1n) is 6.19. The Hall–Kier alpha value is -1.49. The fourth-order valence-corrected chi connectivity index (χ4v) is 2.25. The highest BCUT2D eigenvalue weighted by Gasteiger charge is 2.32. The molecule has 0 aromatic heterocycles. The fourth-order valence-electron chi connectivity index (χ4n) is 1.76. The van der Waals surface area contributed by atoms with Crippen molar-refractivity contribution in [1.29, 1.82) is 0 Å². The Morgan fingerprint density at radius 2 is 2.16 bits per heavy atom. The third-order valence-electron chi connectivity index (χ3n) is 2.91. The maximum Gasteiger partial charge on any atom is 0.467 e. The average Bonchev–Trinajstić information content (AvgIpc) is 2.36. The van der Waals surface area contributed by atoms with Gasteiger partial charge in [0.25, 0.3) is 5.25 Å². The van der Waals surface area contributed by atoms with Crippen LogP contribution in [0.1, 0.15) is 38.0 Å². The van der Waals surface area contributed by atoms with Crippen LogP contribution in [0.5, 0.6) is 11.5 Å². The maximum atomic E-state index is 11.8. The molecule has 1 unspecified atom stereocenters. The Morgan fingerprint density at radius 1 is 1.42 bits per heavy atom. The Balaban J connectivity index is 2.22. The van der Waals surface area contributed by atoms with Crippen LogP contribution in [0.3, 0.4) is 0 Å². The average molecular weight is 281 g/mol. The van der Waals surface area contributed by atoms with Crippen LogP contribution in [0.25, 0.3) is 0 Å². The van der Waals surface area contributed by atoms with E-state index in [1.807, 2.05) is 0 Å². The summed E-state index contributed by atoms with van der Waals surface area (Å²) in [4.78, 5) is 11.8. The number of benzene rings is 1. The van der Waals surface area contributed by atoms with Crippen molar-refractivity contribution in [2.24, 2.45) is 5.41 Å². The number of fused-ring (bicyclic) bond motifs is 1. The lowest BCUT2D eigenvalue weighted by atomic mass is 9.97. The Morgan fingerprint density at radius 3 is 2.79 bits per heavy atom. The number of carbonyl (C=O) groups is 1. The minimum absolute atomic E-state index is 0.0869. The first-order chi connectivity index (χ1) is 8.91. The summed E-state index contributed by atoms with van der Waals surface area (Å²) in [7, 11) is 0. The van der Waals surface area contributed by atoms with Crippen molar-refractivity contribution < 1.29 is 18.5 Å². The second-order valence-electron chi connectivity index (χ2n) is 5.56. The van der Waals surface area contributed by atoms with Crippen molar-refractivity contribution >= 4 is 17.6 Å². The molecule has 1 aromatic rings. The van der Waals surface area contributed by atoms with Gasteiger partial charge in [-0.25, -0.2) is 0 Å². The summed E-state index contributed by atoms with van der Waals surface area (Å²) in [5.41, 5.74) is 0.325. The maximum absolute atomic E-state index is 11.8. The van der Waals surface area contributed by atoms with Crippen LogP contribution in [0, 0.1) is 5.41 Å². The van der Waals surface area contributed by atoms with E-state index in [9.17, 15) is 9.00 Å². The van der Waals surface area contributed by atoms with Crippen LogP contribution >= 0.6 is 0 Å². The van der Waals surface area contributed by atoms with Crippen molar-refractivity contribution in [3.8, 4) is 11.5 Å². The zero-order chi connectivity index (χ0) is 14.0. The zero-order valence-electron chi connectivity index (χ0n) is 11.3. The lowest BCUT2D eigenvalue weighted by Crippen LogP contribution is -2.25. The van der Waals surface area contributed by atoms with Crippen molar-refractivity contribution in [1.82, 2.24) is 0 Å². The number of rotatable bonds is 2. The Kier molecular flexibility index (Phi) is 3.85. The largest absolute Gasteiger partial charge is 0.493 e. The molecule has 0 radical (unpaired) electrons. The highest BCUT2D eigenvalue weighted by molar-refractivity contribution is 7.65. The third-order valence-corrected chi connectivity index (χ3v) is 3.63. The smallest absolute Gasteiger partial charge is 0.467 e. The van der Waals surface area contributed by atoms with Gasteiger partial charge in [-0.15, -0.1) is 0 Å². The molecule has 19 heavy (non-hydrogen) atoms. The van der Waals surface area contributed by atoms with Gasteiger partial charge in [-0.2, -0.15) is 0 Å². The number of ether oxygens (including phenoxy) is 2. The van der Waals surface area contributed by atoms with E-state index in [4.69, 9.17) is 9.47 Å². The lowest BCUT2D eigenvalue weighted by molar-refractivity contribution is -0.143. The van der Waals surface area contributed by atoms with E-state index >= 15 is 0 Å². The van der Waals surface area contributed by atoms with Gasteiger partial charge in [-0.1, -0.05) is 0 Å². The van der Waals surface area contributed by atoms with Crippen LogP contribution in [0.4, 0.5) is 0 Å². The molecule has 1 aromatic carbocycles. The van der Waals surface area contributed by atoms with Gasteiger partial charge in [-0.3, -0.25) is 4.79 Å². The van der Waals surface area contributed by atoms with E-state index < -0.39 is 5.41 Å². The van der Waals surface area contributed by atoms with E-state index in [0.717, 1.165) is 5.56 Å². The quantitative estimate of drug-likeness (QED) is 0.475. The highest BCUT2D eigenvalue weighted by Crippen LogP contribution is 2.36. The van der Waals surface area contributed by atoms with Crippen molar-refractivity contribution in [3.63, 3.8) is 0 Å². The monoisotopic (exact) mass is 281 g/mol. The van der Waals surface area contributed by atoms with E-state index in [1.165, 1.54) is 0 Å². The summed E-state index contributed by atoms with van der Waals surface area (Å²) in [5, 5.41) is -0.0869. The Labute approximate surface area is 116 Å². The molecule has 4 nitrogen and oxygen atoms in total. The van der Waals surface area contributed by atoms with Crippen molar-refractivity contribution in [3.05, 3.63) is 23.8 Å². The third kappa shape index (κ3) is 3.10. The minimum atomic E-state index is -0.551. The van der Waals surface area contributed by atoms with E-state index in [1.54, 1.807) is 39.0 Å². The standard InChI is InChI=1S/C14H17O4S/c1-14(2,3)13(15)18-9-4-5-10-11(8-9)17-7-6-12(10)19-16/h4-5,8,12H,6-7H2,1-3H3/q+1. The number of hydrogen-bond acceptors (Lipinski definition) is 4. The summed E-state index contributed by atoms with van der Waals surface area (Å²) in [5.74, 6) is 0.798. The molecular weight excluding hydrogens is 264 g/mol. The van der Waals surface area contributed by atoms with Crippen LogP contribution in [-0.4, -0.2) is 12.6 Å². The second-order valence-corrected chi connectivity index (χ2v) is 6.32. The molecule has 2 rings (SSSR count). The minimum Gasteiger partial charge on any atom is -0.493 e. The molecular formula is C14H17O4S+. The second kappa shape index (κ2) is 5.25. The summed E-state index contributed by atoms with van der Waals surface area (Å²) < 4.78 is 21.8. The summed E-state index contributed by atoms with van der Waals surface area (Å²) >= 11 is 0.575. The first kappa shape index (κ1) is 13.9. The van der Waals surface area contributed by atoms with E-state index in [2.05, 4.69) is 0 Å². The van der Waals surface area contributed by atoms with Gasteiger partial charge in [-0.05, 0) is 32.9 Å². The molecule has 0 amide bonds. The highest BCUT2D eigenvalue weighted by atomic mass is 32.1. The predicted molar refractivity (Wildman–Crippen MR) is 72.4 cm³/mol. The number of hydrogen-bond donors (Lipinski definition) is 0. The molecule has 1 heterocycles. The van der Waals surface area contributed by atoms with Gasteiger partial charge in [0.1, 0.15) is 11.5 Å². The normalized spacial score (nSPS) is 18.2. The van der Waals surface area contributed by atoms with Crippen LogP contribution in [-0.2, 0) is 20.7 Å². The predicted octanol–water partition coefficient (Wildman–Crippen LogP) is 2.89. The van der Waals surface area contributed by atoms with Gasteiger partial charge >= 0.3 is 17.6 Å². The molecule has 1 atom stereocenters. The van der Waals surface area contributed by atoms with Gasteiger partial charge < -0.3 is 9.47 Å². The number of esters is 1. The number of carbonyl (C=O) groups excluding carboxylic acids is 1. The van der Waals surface area contributed by atoms with Gasteiger partial charge in [0.05, 0.1) is 17.6 Å². The van der Waals surface area contributed by atoms with E-state index in [-0.39, 0.29) is 11.2 Å². The molecule has 0 saturated heterocycles. The molecule has 0 N–H and O–H groups in total. The molecule has 0 aliphatic carbocycles. The Bertz CT molecular complexity index is 505. The van der Waals surface area contributed by atoms with Crippen LogP contribution in [0.15, 0.2) is 18.2 Å². The lowest BCUT2D eigenvalue weighted by Gasteiger charge is -2.19. The van der Waals surface area contributed by atoms with Gasteiger partial charge in [0, 0.05) is 16.7 Å². The topological polar surface area (TPSA) is 52.6 Å². The summed E-state index contributed by atoms with van der Waals surface area (Å²) in [6.07, 6.45) is 0.711. The molecule has 0 spiro atoms. The summed E-state index contributed by atoms with van der Waals surface area (Å²) in [6.45, 7) is 5.92. The van der Waals surface area contributed by atoms with Gasteiger partial charge in [0.15, 0.2) is 0 Å². The molecule has 1 aliphatic heterocycles. The fraction of sp³-hybridized carbons (Fsp3) is 0.500. The molecule has 0 saturated carbocycles. The first-order valence-corrected chi connectivity index (χ1v) is 7.00. The molecule has 102 valence electrons. The summed E-state index contributed by atoms with van der Waals surface area (Å²) in [6, 6.07) is 5.19. The molecule has 1 aliphatic rings. The molecule has 0 bridgehead atoms. The van der Waals surface area contributed by atoms with Crippen LogP contribution < -0.4 is 9.47 Å².